The van der Waals surface area contributed by atoms with Gasteiger partial charge in [0.15, 0.2) is 0 Å². The van der Waals surface area contributed by atoms with Crippen molar-refractivity contribution in [2.75, 3.05) is 26.0 Å². The molecule has 0 aromatic heterocycles. The van der Waals surface area contributed by atoms with Gasteiger partial charge < -0.3 is 15.2 Å². The van der Waals surface area contributed by atoms with Crippen LogP contribution in [0.3, 0.4) is 0 Å². The molecule has 0 saturated heterocycles. The summed E-state index contributed by atoms with van der Waals surface area (Å²) in [6.07, 6.45) is 10.1. The Kier molecular flexibility index (Phi) is 12.9. The molecule has 0 radical (unpaired) electrons. The molecule has 0 aromatic rings. The largest absolute Gasteiger partial charge is 0.337 e. The molecular weight excluding hydrogens is 324 g/mol. The van der Waals surface area contributed by atoms with Crippen LogP contribution in [0.1, 0.15) is 64.7 Å². The second-order valence-corrected chi connectivity index (χ2v) is 9.79. The van der Waals surface area contributed by atoms with Crippen molar-refractivity contribution in [2.24, 2.45) is 5.73 Å². The van der Waals surface area contributed by atoms with Crippen molar-refractivity contribution in [3.05, 3.63) is 0 Å². The standard InChI is InChI=1S/C14H33NO5P2/c1-3-19-22(18,20-21(2,16)17)14-12-10-8-6-4-5-7-9-11-13-15/h3-15H2,1-2H3,(H,16,17). The maximum atomic E-state index is 12.3. The molecule has 0 amide bonds. The van der Waals surface area contributed by atoms with Gasteiger partial charge in [-0.05, 0) is 26.3 Å². The second-order valence-electron chi connectivity index (χ2n) is 5.61. The Hall–Kier alpha value is 0.300. The van der Waals surface area contributed by atoms with Gasteiger partial charge in [0.1, 0.15) is 0 Å². The molecule has 0 spiro atoms. The van der Waals surface area contributed by atoms with E-state index in [1.807, 2.05) is 0 Å². The maximum Gasteiger partial charge on any atom is 0.337 e. The van der Waals surface area contributed by atoms with Gasteiger partial charge in [-0.1, -0.05) is 44.9 Å². The van der Waals surface area contributed by atoms with Gasteiger partial charge in [0.25, 0.3) is 0 Å². The third-order valence-electron chi connectivity index (χ3n) is 3.24. The predicted octanol–water partition coefficient (Wildman–Crippen LogP) is 4.52. The first kappa shape index (κ1) is 22.3. The van der Waals surface area contributed by atoms with Crippen molar-refractivity contribution in [3.63, 3.8) is 0 Å². The van der Waals surface area contributed by atoms with Crippen LogP contribution in [-0.2, 0) is 18.0 Å². The molecule has 0 fully saturated rings. The number of nitrogens with two attached hydrogens (primary N) is 1. The summed E-state index contributed by atoms with van der Waals surface area (Å²) in [4.78, 5) is 9.21. The van der Waals surface area contributed by atoms with Crippen LogP contribution >= 0.6 is 15.2 Å². The number of rotatable bonds is 15. The van der Waals surface area contributed by atoms with Crippen LogP contribution in [0.2, 0.25) is 0 Å². The lowest BCUT2D eigenvalue weighted by atomic mass is 10.1. The average Bonchev–Trinajstić information content (AvgIpc) is 2.39. The third kappa shape index (κ3) is 13.9. The molecule has 8 heteroatoms. The summed E-state index contributed by atoms with van der Waals surface area (Å²) in [5.41, 5.74) is 5.44. The molecule has 3 N–H and O–H groups in total. The van der Waals surface area contributed by atoms with Crippen LogP contribution in [0.5, 0.6) is 0 Å². The van der Waals surface area contributed by atoms with Crippen molar-refractivity contribution in [1.29, 1.82) is 0 Å². The van der Waals surface area contributed by atoms with Crippen molar-refractivity contribution < 1.29 is 22.9 Å². The fraction of sp³-hybridized carbons (Fsp3) is 1.00. The monoisotopic (exact) mass is 357 g/mol. The zero-order valence-corrected chi connectivity index (χ0v) is 15.8. The van der Waals surface area contributed by atoms with E-state index in [0.717, 1.165) is 38.9 Å². The van der Waals surface area contributed by atoms with E-state index in [2.05, 4.69) is 0 Å². The van der Waals surface area contributed by atoms with E-state index in [0.29, 0.717) is 6.42 Å². The summed E-state index contributed by atoms with van der Waals surface area (Å²) in [5, 5.41) is 0. The van der Waals surface area contributed by atoms with Gasteiger partial charge in [0, 0.05) is 6.66 Å². The van der Waals surface area contributed by atoms with Gasteiger partial charge in [-0.2, -0.15) is 0 Å². The molecule has 0 aliphatic rings. The van der Waals surface area contributed by atoms with Crippen LogP contribution in [-0.4, -0.2) is 30.9 Å². The van der Waals surface area contributed by atoms with E-state index in [4.69, 9.17) is 14.6 Å². The fourth-order valence-electron chi connectivity index (χ4n) is 2.24. The third-order valence-corrected chi connectivity index (χ3v) is 6.96. The van der Waals surface area contributed by atoms with Gasteiger partial charge in [-0.25, -0.2) is 4.31 Å². The molecule has 0 aliphatic heterocycles. The van der Waals surface area contributed by atoms with Crippen molar-refractivity contribution >= 4 is 15.2 Å². The zero-order valence-electron chi connectivity index (χ0n) is 14.0. The molecule has 0 aromatic carbocycles. The predicted molar refractivity (Wildman–Crippen MR) is 91.5 cm³/mol. The smallest absolute Gasteiger partial charge is 0.330 e. The Labute approximate surface area is 135 Å². The maximum absolute atomic E-state index is 12.3. The van der Waals surface area contributed by atoms with Crippen molar-refractivity contribution in [3.8, 4) is 0 Å². The van der Waals surface area contributed by atoms with Gasteiger partial charge in [-0.3, -0.25) is 9.13 Å². The van der Waals surface area contributed by atoms with Crippen molar-refractivity contribution in [2.45, 2.75) is 64.7 Å². The van der Waals surface area contributed by atoms with Gasteiger partial charge in [0.05, 0.1) is 12.8 Å². The molecule has 22 heavy (non-hydrogen) atoms. The Morgan fingerprint density at radius 1 is 0.909 bits per heavy atom. The number of hydrogen-bond acceptors (Lipinski definition) is 5. The average molecular weight is 357 g/mol. The summed E-state index contributed by atoms with van der Waals surface area (Å²) in [7, 11) is -7.23. The zero-order chi connectivity index (χ0) is 16.9. The van der Waals surface area contributed by atoms with E-state index in [9.17, 15) is 14.0 Å². The van der Waals surface area contributed by atoms with E-state index in [-0.39, 0.29) is 12.8 Å². The molecular formula is C14H33NO5P2. The number of hydrogen-bond donors (Lipinski definition) is 2. The lowest BCUT2D eigenvalue weighted by Crippen LogP contribution is -1.99. The van der Waals surface area contributed by atoms with E-state index < -0.39 is 15.2 Å². The minimum Gasteiger partial charge on any atom is -0.330 e. The Morgan fingerprint density at radius 3 is 1.77 bits per heavy atom. The minimum atomic E-state index is -3.79. The highest BCUT2D eigenvalue weighted by molar-refractivity contribution is 7.66. The van der Waals surface area contributed by atoms with Crippen LogP contribution in [0, 0.1) is 0 Å². The molecule has 2 unspecified atom stereocenters. The van der Waals surface area contributed by atoms with Crippen LogP contribution < -0.4 is 5.73 Å². The fourth-order valence-corrected chi connectivity index (χ4v) is 5.74. The molecule has 0 bridgehead atoms. The topological polar surface area (TPSA) is 98.9 Å². The highest BCUT2D eigenvalue weighted by Gasteiger charge is 2.30. The summed E-state index contributed by atoms with van der Waals surface area (Å²) in [6.45, 7) is 3.71. The molecule has 0 aliphatic carbocycles. The normalized spacial score (nSPS) is 17.1. The quantitative estimate of drug-likeness (QED) is 0.330. The highest BCUT2D eigenvalue weighted by Crippen LogP contribution is 2.60. The van der Waals surface area contributed by atoms with Gasteiger partial charge in [-0.15, -0.1) is 0 Å². The van der Waals surface area contributed by atoms with Crippen LogP contribution in [0.25, 0.3) is 0 Å². The van der Waals surface area contributed by atoms with Gasteiger partial charge in [0.2, 0.25) is 0 Å². The number of unbranched alkanes of at least 4 members (excludes halogenated alkanes) is 8. The molecule has 0 rings (SSSR count). The van der Waals surface area contributed by atoms with Gasteiger partial charge >= 0.3 is 15.2 Å². The molecule has 134 valence electrons. The van der Waals surface area contributed by atoms with Crippen molar-refractivity contribution in [1.82, 2.24) is 0 Å². The lowest BCUT2D eigenvalue weighted by molar-refractivity contribution is 0.266. The highest BCUT2D eigenvalue weighted by atomic mass is 31.3. The van der Waals surface area contributed by atoms with E-state index >= 15 is 0 Å². The molecule has 0 saturated carbocycles. The molecule has 2 atom stereocenters. The lowest BCUT2D eigenvalue weighted by Gasteiger charge is -2.18. The Bertz CT molecular complexity index is 359. The Balaban J connectivity index is 3.73. The first-order valence-electron chi connectivity index (χ1n) is 8.28. The molecule has 0 heterocycles. The van der Waals surface area contributed by atoms with E-state index in [1.165, 1.54) is 25.7 Å². The van der Waals surface area contributed by atoms with Crippen LogP contribution in [0.4, 0.5) is 0 Å². The first-order chi connectivity index (χ1) is 10.3. The molecule has 6 nitrogen and oxygen atoms in total. The first-order valence-corrected chi connectivity index (χ1v) is 12.0. The second kappa shape index (κ2) is 12.7. The summed E-state index contributed by atoms with van der Waals surface area (Å²) >= 11 is 0. The Morgan fingerprint density at radius 2 is 1.36 bits per heavy atom. The minimum absolute atomic E-state index is 0.204. The summed E-state index contributed by atoms with van der Waals surface area (Å²) < 4.78 is 33.4. The van der Waals surface area contributed by atoms with E-state index in [1.54, 1.807) is 6.92 Å². The van der Waals surface area contributed by atoms with Crippen LogP contribution in [0.15, 0.2) is 0 Å². The SMILES string of the molecule is CCOP(=O)(CCCCCCCCCCCN)OP(C)(=O)O. The summed E-state index contributed by atoms with van der Waals surface area (Å²) in [6, 6.07) is 0. The summed E-state index contributed by atoms with van der Waals surface area (Å²) in [5.74, 6) is 0.